The van der Waals surface area contributed by atoms with Gasteiger partial charge < -0.3 is 20.9 Å². The molecular formula is C13H22N2O2. The van der Waals surface area contributed by atoms with Crippen molar-refractivity contribution in [1.29, 1.82) is 0 Å². The maximum absolute atomic E-state index is 8.63. The second-order valence-electron chi connectivity index (χ2n) is 3.87. The van der Waals surface area contributed by atoms with E-state index in [2.05, 4.69) is 5.32 Å². The first-order chi connectivity index (χ1) is 8.36. The van der Waals surface area contributed by atoms with Crippen LogP contribution in [0.25, 0.3) is 0 Å². The number of anilines is 1. The Bertz CT molecular complexity index is 288. The smallest absolute Gasteiger partial charge is 0.119 e. The minimum absolute atomic E-state index is 0.167. The van der Waals surface area contributed by atoms with Gasteiger partial charge in [-0.2, -0.15) is 0 Å². The lowest BCUT2D eigenvalue weighted by molar-refractivity contribution is 0.233. The van der Waals surface area contributed by atoms with Crippen LogP contribution in [0.2, 0.25) is 0 Å². The van der Waals surface area contributed by atoms with Crippen LogP contribution in [0.15, 0.2) is 24.3 Å². The average molecular weight is 238 g/mol. The normalized spacial score (nSPS) is 10.2. The van der Waals surface area contributed by atoms with Crippen LogP contribution < -0.4 is 15.8 Å². The average Bonchev–Trinajstić information content (AvgIpc) is 2.37. The third-order valence-corrected chi connectivity index (χ3v) is 2.39. The molecule has 96 valence electrons. The lowest BCUT2D eigenvalue weighted by Crippen LogP contribution is -2.05. The first kappa shape index (κ1) is 13.8. The fourth-order valence-electron chi connectivity index (χ4n) is 1.43. The van der Waals surface area contributed by atoms with Gasteiger partial charge in [-0.1, -0.05) is 0 Å². The van der Waals surface area contributed by atoms with Crippen LogP contribution in [-0.4, -0.2) is 31.4 Å². The van der Waals surface area contributed by atoms with E-state index in [1.54, 1.807) is 0 Å². The van der Waals surface area contributed by atoms with E-state index in [9.17, 15) is 0 Å². The number of nitrogens with two attached hydrogens (primary N) is 1. The molecule has 0 amide bonds. The highest BCUT2D eigenvalue weighted by Crippen LogP contribution is 2.15. The Morgan fingerprint density at radius 1 is 1.12 bits per heavy atom. The molecule has 0 spiro atoms. The van der Waals surface area contributed by atoms with Gasteiger partial charge in [0, 0.05) is 25.3 Å². The fourth-order valence-corrected chi connectivity index (χ4v) is 1.43. The molecule has 1 aromatic rings. The fraction of sp³-hybridized carbons (Fsp3) is 0.538. The SMILES string of the molecule is NCCCCNc1ccc(OCCCO)cc1. The van der Waals surface area contributed by atoms with E-state index in [1.165, 1.54) is 0 Å². The van der Waals surface area contributed by atoms with Gasteiger partial charge in [0.1, 0.15) is 5.75 Å². The molecule has 0 saturated carbocycles. The van der Waals surface area contributed by atoms with Gasteiger partial charge in [0.25, 0.3) is 0 Å². The Morgan fingerprint density at radius 2 is 1.88 bits per heavy atom. The summed E-state index contributed by atoms with van der Waals surface area (Å²) in [6.45, 7) is 2.42. The summed E-state index contributed by atoms with van der Waals surface area (Å²) < 4.78 is 5.44. The molecule has 0 heterocycles. The van der Waals surface area contributed by atoms with Crippen molar-refractivity contribution in [3.63, 3.8) is 0 Å². The summed E-state index contributed by atoms with van der Waals surface area (Å²) in [6.07, 6.45) is 2.81. The zero-order valence-electron chi connectivity index (χ0n) is 10.2. The molecule has 1 aromatic carbocycles. The highest BCUT2D eigenvalue weighted by atomic mass is 16.5. The summed E-state index contributed by atoms with van der Waals surface area (Å²) in [5, 5.41) is 12.0. The van der Waals surface area contributed by atoms with Gasteiger partial charge >= 0.3 is 0 Å². The molecule has 4 N–H and O–H groups in total. The maximum atomic E-state index is 8.63. The van der Waals surface area contributed by atoms with Crippen molar-refractivity contribution < 1.29 is 9.84 Å². The van der Waals surface area contributed by atoms with Gasteiger partial charge in [0.2, 0.25) is 0 Å². The summed E-state index contributed by atoms with van der Waals surface area (Å²) >= 11 is 0. The first-order valence-electron chi connectivity index (χ1n) is 6.14. The minimum atomic E-state index is 0.167. The van der Waals surface area contributed by atoms with Crippen molar-refractivity contribution in [3.05, 3.63) is 24.3 Å². The molecule has 0 radical (unpaired) electrons. The van der Waals surface area contributed by atoms with Crippen molar-refractivity contribution in [2.75, 3.05) is 31.6 Å². The number of nitrogens with one attached hydrogen (secondary N) is 1. The molecule has 0 aliphatic rings. The predicted molar refractivity (Wildman–Crippen MR) is 70.4 cm³/mol. The van der Waals surface area contributed by atoms with Crippen LogP contribution in [0.4, 0.5) is 5.69 Å². The van der Waals surface area contributed by atoms with Crippen LogP contribution >= 0.6 is 0 Å². The summed E-state index contributed by atoms with van der Waals surface area (Å²) in [4.78, 5) is 0. The van der Waals surface area contributed by atoms with Gasteiger partial charge in [-0.25, -0.2) is 0 Å². The lowest BCUT2D eigenvalue weighted by Gasteiger charge is -2.08. The van der Waals surface area contributed by atoms with Gasteiger partial charge in [-0.05, 0) is 43.7 Å². The quantitative estimate of drug-likeness (QED) is 0.572. The van der Waals surface area contributed by atoms with Crippen molar-refractivity contribution >= 4 is 5.69 Å². The molecule has 0 fully saturated rings. The Labute approximate surface area is 103 Å². The minimum Gasteiger partial charge on any atom is -0.494 e. The summed E-state index contributed by atoms with van der Waals surface area (Å²) in [5.74, 6) is 0.839. The van der Waals surface area contributed by atoms with E-state index in [4.69, 9.17) is 15.6 Å². The van der Waals surface area contributed by atoms with Crippen LogP contribution in [0.5, 0.6) is 5.75 Å². The standard InChI is InChI=1S/C13H22N2O2/c14-8-1-2-9-15-12-4-6-13(7-5-12)17-11-3-10-16/h4-7,15-16H,1-3,8-11,14H2. The van der Waals surface area contributed by atoms with E-state index in [1.807, 2.05) is 24.3 Å². The first-order valence-corrected chi connectivity index (χ1v) is 6.14. The van der Waals surface area contributed by atoms with Gasteiger partial charge in [-0.15, -0.1) is 0 Å². The van der Waals surface area contributed by atoms with E-state index in [0.717, 1.165) is 37.4 Å². The molecule has 17 heavy (non-hydrogen) atoms. The Balaban J connectivity index is 2.24. The predicted octanol–water partition coefficient (Wildman–Crippen LogP) is 1.60. The number of aliphatic hydroxyl groups excluding tert-OH is 1. The van der Waals surface area contributed by atoms with Crippen LogP contribution in [-0.2, 0) is 0 Å². The third kappa shape index (κ3) is 6.14. The van der Waals surface area contributed by atoms with Crippen molar-refractivity contribution in [1.82, 2.24) is 0 Å². The number of ether oxygens (including phenoxy) is 1. The number of unbranched alkanes of at least 4 members (excludes halogenated alkanes) is 1. The van der Waals surface area contributed by atoms with E-state index < -0.39 is 0 Å². The highest BCUT2D eigenvalue weighted by Gasteiger charge is 1.95. The zero-order chi connectivity index (χ0) is 12.3. The van der Waals surface area contributed by atoms with Crippen LogP contribution in [0.1, 0.15) is 19.3 Å². The summed E-state index contributed by atoms with van der Waals surface area (Å²) in [5.41, 5.74) is 6.52. The van der Waals surface area contributed by atoms with Crippen molar-refractivity contribution in [2.45, 2.75) is 19.3 Å². The Hall–Kier alpha value is -1.26. The second kappa shape index (κ2) is 8.84. The number of rotatable bonds is 9. The second-order valence-corrected chi connectivity index (χ2v) is 3.87. The molecule has 0 bridgehead atoms. The van der Waals surface area contributed by atoms with E-state index >= 15 is 0 Å². The van der Waals surface area contributed by atoms with Crippen molar-refractivity contribution in [2.24, 2.45) is 5.73 Å². The van der Waals surface area contributed by atoms with E-state index in [-0.39, 0.29) is 6.61 Å². The summed E-state index contributed by atoms with van der Waals surface area (Å²) in [6, 6.07) is 7.86. The molecule has 0 aliphatic carbocycles. The number of hydrogen-bond donors (Lipinski definition) is 3. The largest absolute Gasteiger partial charge is 0.494 e. The summed E-state index contributed by atoms with van der Waals surface area (Å²) in [7, 11) is 0. The molecule has 4 nitrogen and oxygen atoms in total. The lowest BCUT2D eigenvalue weighted by atomic mass is 10.2. The van der Waals surface area contributed by atoms with Gasteiger partial charge in [0.15, 0.2) is 0 Å². The Kier molecular flexibility index (Phi) is 7.18. The molecule has 4 heteroatoms. The van der Waals surface area contributed by atoms with Crippen molar-refractivity contribution in [3.8, 4) is 5.75 Å². The molecule has 1 rings (SSSR count). The van der Waals surface area contributed by atoms with Gasteiger partial charge in [0.05, 0.1) is 6.61 Å². The molecule has 0 unspecified atom stereocenters. The van der Waals surface area contributed by atoms with Crippen LogP contribution in [0.3, 0.4) is 0 Å². The zero-order valence-corrected chi connectivity index (χ0v) is 10.2. The molecule has 0 atom stereocenters. The van der Waals surface area contributed by atoms with Crippen LogP contribution in [0, 0.1) is 0 Å². The Morgan fingerprint density at radius 3 is 2.53 bits per heavy atom. The highest BCUT2D eigenvalue weighted by molar-refractivity contribution is 5.46. The number of aliphatic hydroxyl groups is 1. The molecular weight excluding hydrogens is 216 g/mol. The van der Waals surface area contributed by atoms with Gasteiger partial charge in [-0.3, -0.25) is 0 Å². The molecule has 0 aromatic heterocycles. The number of hydrogen-bond acceptors (Lipinski definition) is 4. The monoisotopic (exact) mass is 238 g/mol. The molecule has 0 aliphatic heterocycles. The third-order valence-electron chi connectivity index (χ3n) is 2.39. The number of benzene rings is 1. The molecule has 0 saturated heterocycles. The van der Waals surface area contributed by atoms with E-state index in [0.29, 0.717) is 13.0 Å². The maximum Gasteiger partial charge on any atom is 0.119 e. The topological polar surface area (TPSA) is 67.5 Å².